The number of nitrogens with zero attached hydrogens (tertiary/aromatic N) is 2. The highest BCUT2D eigenvalue weighted by atomic mass is 19.4. The molecule has 24 heavy (non-hydrogen) atoms. The number of hydrogen-bond donors (Lipinski definition) is 2. The number of ether oxygens (including phenoxy) is 1. The highest BCUT2D eigenvalue weighted by Crippen LogP contribution is 2.29. The van der Waals surface area contributed by atoms with Crippen molar-refractivity contribution in [3.05, 3.63) is 47.4 Å². The second-order valence-corrected chi connectivity index (χ2v) is 5.54. The van der Waals surface area contributed by atoms with Gasteiger partial charge in [-0.1, -0.05) is 0 Å². The lowest BCUT2D eigenvalue weighted by Crippen LogP contribution is -2.34. The Morgan fingerprint density at radius 2 is 2.08 bits per heavy atom. The fourth-order valence-electron chi connectivity index (χ4n) is 2.52. The molecular formula is C16H17F3N4O. The van der Waals surface area contributed by atoms with Crippen LogP contribution >= 0.6 is 0 Å². The zero-order valence-corrected chi connectivity index (χ0v) is 13.0. The predicted molar refractivity (Wildman–Crippen MR) is 83.1 cm³/mol. The van der Waals surface area contributed by atoms with Crippen molar-refractivity contribution in [2.75, 3.05) is 25.0 Å². The van der Waals surface area contributed by atoms with Crippen LogP contribution in [0.4, 0.5) is 24.7 Å². The zero-order chi connectivity index (χ0) is 17.2. The van der Waals surface area contributed by atoms with E-state index in [4.69, 9.17) is 4.74 Å². The van der Waals surface area contributed by atoms with Gasteiger partial charge in [0.05, 0.1) is 29.7 Å². The van der Waals surface area contributed by atoms with Gasteiger partial charge in [0.1, 0.15) is 11.9 Å². The van der Waals surface area contributed by atoms with Gasteiger partial charge in [-0.05, 0) is 30.7 Å². The number of anilines is 2. The molecule has 1 aliphatic rings. The van der Waals surface area contributed by atoms with Gasteiger partial charge >= 0.3 is 6.18 Å². The maximum atomic E-state index is 12.5. The Morgan fingerprint density at radius 3 is 2.67 bits per heavy atom. The van der Waals surface area contributed by atoms with Crippen LogP contribution in [-0.4, -0.2) is 29.7 Å². The monoisotopic (exact) mass is 338 g/mol. The molecule has 1 atom stereocenters. The summed E-state index contributed by atoms with van der Waals surface area (Å²) in [5.41, 5.74) is 1.68. The Balaban J connectivity index is 1.72. The van der Waals surface area contributed by atoms with Crippen LogP contribution in [0.2, 0.25) is 0 Å². The Kier molecular flexibility index (Phi) is 4.68. The fourth-order valence-corrected chi connectivity index (χ4v) is 2.52. The molecule has 0 radical (unpaired) electrons. The van der Waals surface area contributed by atoms with Gasteiger partial charge in [-0.3, -0.25) is 4.98 Å². The first-order valence-electron chi connectivity index (χ1n) is 7.52. The summed E-state index contributed by atoms with van der Waals surface area (Å²) < 4.78 is 43.3. The van der Waals surface area contributed by atoms with Crippen LogP contribution in [0.1, 0.15) is 22.9 Å². The minimum absolute atomic E-state index is 0.0861. The van der Waals surface area contributed by atoms with E-state index in [1.807, 2.05) is 13.0 Å². The molecule has 8 heteroatoms. The third-order valence-electron chi connectivity index (χ3n) is 3.71. The van der Waals surface area contributed by atoms with Crippen LogP contribution in [0, 0.1) is 6.92 Å². The molecular weight excluding hydrogens is 321 g/mol. The summed E-state index contributed by atoms with van der Waals surface area (Å²) in [6.45, 7) is 4.10. The molecule has 0 spiro atoms. The van der Waals surface area contributed by atoms with Gasteiger partial charge < -0.3 is 15.4 Å². The Hall–Kier alpha value is -2.19. The summed E-state index contributed by atoms with van der Waals surface area (Å²) in [6, 6.07) is 4.16. The van der Waals surface area contributed by atoms with Crippen LogP contribution < -0.4 is 10.6 Å². The molecule has 3 rings (SSSR count). The first kappa shape index (κ1) is 16.7. The number of pyridine rings is 2. The second kappa shape index (κ2) is 6.74. The molecule has 0 aliphatic carbocycles. The van der Waals surface area contributed by atoms with Crippen LogP contribution in [-0.2, 0) is 10.9 Å². The van der Waals surface area contributed by atoms with E-state index >= 15 is 0 Å². The van der Waals surface area contributed by atoms with Gasteiger partial charge in [-0.15, -0.1) is 0 Å². The average molecular weight is 338 g/mol. The second-order valence-electron chi connectivity index (χ2n) is 5.54. The number of nitrogens with one attached hydrogen (secondary N) is 2. The lowest BCUT2D eigenvalue weighted by Gasteiger charge is -2.24. The molecule has 5 nitrogen and oxygen atoms in total. The van der Waals surface area contributed by atoms with E-state index in [1.165, 1.54) is 6.07 Å². The largest absolute Gasteiger partial charge is 0.417 e. The molecule has 2 N–H and O–H groups in total. The van der Waals surface area contributed by atoms with Gasteiger partial charge in [0.15, 0.2) is 0 Å². The third-order valence-corrected chi connectivity index (χ3v) is 3.71. The molecule has 1 saturated heterocycles. The molecule has 1 unspecified atom stereocenters. The summed E-state index contributed by atoms with van der Waals surface area (Å²) in [6.07, 6.45) is -2.05. The van der Waals surface area contributed by atoms with Crippen LogP contribution in [0.3, 0.4) is 0 Å². The SMILES string of the molecule is Cc1cc(Nc2ccc(C(F)(F)F)cn2)cnc1C1CNCCO1. The number of morpholine rings is 1. The van der Waals surface area contributed by atoms with Crippen LogP contribution in [0.15, 0.2) is 30.6 Å². The molecule has 2 aromatic rings. The number of aryl methyl sites for hydroxylation is 1. The summed E-state index contributed by atoms with van der Waals surface area (Å²) in [7, 11) is 0. The Morgan fingerprint density at radius 1 is 1.25 bits per heavy atom. The smallest absolute Gasteiger partial charge is 0.369 e. The van der Waals surface area contributed by atoms with Gasteiger partial charge in [-0.2, -0.15) is 13.2 Å². The van der Waals surface area contributed by atoms with Crippen LogP contribution in [0.25, 0.3) is 0 Å². The number of rotatable bonds is 3. The normalized spacial score (nSPS) is 18.4. The number of halogens is 3. The van der Waals surface area contributed by atoms with Gasteiger partial charge in [0.2, 0.25) is 0 Å². The van der Waals surface area contributed by atoms with Crippen molar-refractivity contribution in [2.24, 2.45) is 0 Å². The standard InChI is InChI=1S/C16H17F3N4O/c1-10-6-12(8-22-15(10)13-9-20-4-5-24-13)23-14-3-2-11(7-21-14)16(17,18)19/h2-3,6-8,13,20H,4-5,9H2,1H3,(H,21,23). The lowest BCUT2D eigenvalue weighted by molar-refractivity contribution is -0.137. The average Bonchev–Trinajstić information content (AvgIpc) is 2.55. The zero-order valence-electron chi connectivity index (χ0n) is 13.0. The lowest BCUT2D eigenvalue weighted by atomic mass is 10.1. The van der Waals surface area contributed by atoms with E-state index in [9.17, 15) is 13.2 Å². The van der Waals surface area contributed by atoms with Crippen molar-refractivity contribution in [1.82, 2.24) is 15.3 Å². The summed E-state index contributed by atoms with van der Waals surface area (Å²) in [5, 5.41) is 6.21. The van der Waals surface area contributed by atoms with Crippen molar-refractivity contribution in [2.45, 2.75) is 19.2 Å². The number of hydrogen-bond acceptors (Lipinski definition) is 5. The van der Waals surface area contributed by atoms with Crippen molar-refractivity contribution in [1.29, 1.82) is 0 Å². The Labute approximate surface area is 137 Å². The van der Waals surface area contributed by atoms with Crippen molar-refractivity contribution >= 4 is 11.5 Å². The van der Waals surface area contributed by atoms with Gasteiger partial charge in [-0.25, -0.2) is 4.98 Å². The first-order chi connectivity index (χ1) is 11.4. The first-order valence-corrected chi connectivity index (χ1v) is 7.52. The van der Waals surface area contributed by atoms with Crippen molar-refractivity contribution in [3.63, 3.8) is 0 Å². The Bertz CT molecular complexity index is 697. The van der Waals surface area contributed by atoms with Crippen molar-refractivity contribution in [3.8, 4) is 0 Å². The minimum atomic E-state index is -4.39. The highest BCUT2D eigenvalue weighted by molar-refractivity contribution is 5.56. The van der Waals surface area contributed by atoms with Gasteiger partial charge in [0.25, 0.3) is 0 Å². The van der Waals surface area contributed by atoms with Gasteiger partial charge in [0, 0.05) is 19.3 Å². The third kappa shape index (κ3) is 3.82. The highest BCUT2D eigenvalue weighted by Gasteiger charge is 2.30. The molecule has 3 heterocycles. The summed E-state index contributed by atoms with van der Waals surface area (Å²) in [4.78, 5) is 8.21. The molecule has 1 fully saturated rings. The van der Waals surface area contributed by atoms with E-state index in [-0.39, 0.29) is 6.10 Å². The molecule has 0 aromatic carbocycles. The quantitative estimate of drug-likeness (QED) is 0.900. The van der Waals surface area contributed by atoms with E-state index in [0.717, 1.165) is 30.1 Å². The molecule has 0 saturated carbocycles. The number of alkyl halides is 3. The molecule has 1 aliphatic heterocycles. The maximum Gasteiger partial charge on any atom is 0.417 e. The maximum absolute atomic E-state index is 12.5. The minimum Gasteiger partial charge on any atom is -0.369 e. The van der Waals surface area contributed by atoms with Crippen LogP contribution in [0.5, 0.6) is 0 Å². The molecule has 2 aromatic heterocycles. The predicted octanol–water partition coefficient (Wildman–Crippen LogP) is 3.21. The molecule has 128 valence electrons. The fraction of sp³-hybridized carbons (Fsp3) is 0.375. The summed E-state index contributed by atoms with van der Waals surface area (Å²) >= 11 is 0. The van der Waals surface area contributed by atoms with Crippen molar-refractivity contribution < 1.29 is 17.9 Å². The van der Waals surface area contributed by atoms with E-state index in [1.54, 1.807) is 6.20 Å². The number of aromatic nitrogens is 2. The van der Waals surface area contributed by atoms with E-state index < -0.39 is 11.7 Å². The molecule has 0 bridgehead atoms. The van der Waals surface area contributed by atoms with E-state index in [2.05, 4.69) is 20.6 Å². The topological polar surface area (TPSA) is 59.1 Å². The molecule has 0 amide bonds. The summed E-state index contributed by atoms with van der Waals surface area (Å²) in [5.74, 6) is 0.326. The van der Waals surface area contributed by atoms with E-state index in [0.29, 0.717) is 24.7 Å².